The number of hydrogen-bond acceptors (Lipinski definition) is 1. The number of benzene rings is 3. The average molecular weight is 315 g/mol. The van der Waals surface area contributed by atoms with Crippen LogP contribution in [-0.4, -0.2) is 5.91 Å². The Kier molecular flexibility index (Phi) is 4.76. The predicted molar refractivity (Wildman–Crippen MR) is 100 cm³/mol. The Hall–Kier alpha value is -2.87. The molecular formula is C22H21NO. The molecule has 24 heavy (non-hydrogen) atoms. The summed E-state index contributed by atoms with van der Waals surface area (Å²) in [6.07, 6.45) is 0.377. The van der Waals surface area contributed by atoms with Gasteiger partial charge < -0.3 is 5.32 Å². The molecule has 0 fully saturated rings. The van der Waals surface area contributed by atoms with E-state index in [0.29, 0.717) is 6.42 Å². The standard InChI is InChI=1S/C22H21NO/c1-16-8-13-21(14-17(16)2)23-22(24)15-18-9-11-20(12-10-18)19-6-4-3-5-7-19/h3-14H,15H2,1-2H3,(H,23,24). The van der Waals surface area contributed by atoms with Crippen LogP contribution in [0.2, 0.25) is 0 Å². The highest BCUT2D eigenvalue weighted by molar-refractivity contribution is 5.92. The molecule has 0 saturated carbocycles. The monoisotopic (exact) mass is 315 g/mol. The summed E-state index contributed by atoms with van der Waals surface area (Å²) in [5, 5.41) is 2.97. The van der Waals surface area contributed by atoms with Crippen molar-refractivity contribution in [2.45, 2.75) is 20.3 Å². The second-order valence-electron chi connectivity index (χ2n) is 6.09. The maximum absolute atomic E-state index is 12.2. The molecule has 3 aromatic carbocycles. The molecule has 3 aromatic rings. The van der Waals surface area contributed by atoms with Crippen LogP contribution < -0.4 is 5.32 Å². The molecule has 0 aliphatic heterocycles. The molecule has 0 spiro atoms. The van der Waals surface area contributed by atoms with Crippen LogP contribution in [0.3, 0.4) is 0 Å². The highest BCUT2D eigenvalue weighted by Crippen LogP contribution is 2.20. The Bertz CT molecular complexity index is 836. The minimum Gasteiger partial charge on any atom is -0.326 e. The van der Waals surface area contributed by atoms with E-state index in [1.54, 1.807) is 0 Å². The molecule has 1 amide bonds. The zero-order valence-electron chi connectivity index (χ0n) is 14.0. The minimum atomic E-state index is 0.00529. The van der Waals surface area contributed by atoms with Gasteiger partial charge in [-0.1, -0.05) is 60.7 Å². The van der Waals surface area contributed by atoms with Gasteiger partial charge in [0.2, 0.25) is 5.91 Å². The van der Waals surface area contributed by atoms with E-state index in [-0.39, 0.29) is 5.91 Å². The zero-order chi connectivity index (χ0) is 16.9. The molecule has 0 aliphatic carbocycles. The Morgan fingerprint density at radius 1 is 0.792 bits per heavy atom. The molecule has 2 nitrogen and oxygen atoms in total. The summed E-state index contributed by atoms with van der Waals surface area (Å²) in [5.41, 5.74) is 6.61. The van der Waals surface area contributed by atoms with Gasteiger partial charge in [-0.3, -0.25) is 4.79 Å². The summed E-state index contributed by atoms with van der Waals surface area (Å²) in [4.78, 5) is 12.2. The van der Waals surface area contributed by atoms with Crippen LogP contribution >= 0.6 is 0 Å². The first kappa shape index (κ1) is 16.0. The Labute approximate surface area is 143 Å². The molecule has 0 heterocycles. The first-order chi connectivity index (χ1) is 11.6. The smallest absolute Gasteiger partial charge is 0.228 e. The highest BCUT2D eigenvalue weighted by Gasteiger charge is 2.05. The van der Waals surface area contributed by atoms with Gasteiger partial charge >= 0.3 is 0 Å². The number of amides is 1. The lowest BCUT2D eigenvalue weighted by Crippen LogP contribution is -2.14. The van der Waals surface area contributed by atoms with Crippen LogP contribution in [0, 0.1) is 13.8 Å². The van der Waals surface area contributed by atoms with Crippen molar-refractivity contribution in [3.63, 3.8) is 0 Å². The van der Waals surface area contributed by atoms with Crippen molar-refractivity contribution in [2.24, 2.45) is 0 Å². The van der Waals surface area contributed by atoms with Gasteiger partial charge in [-0.15, -0.1) is 0 Å². The van der Waals surface area contributed by atoms with Crippen LogP contribution in [0.1, 0.15) is 16.7 Å². The van der Waals surface area contributed by atoms with Crippen molar-refractivity contribution < 1.29 is 4.79 Å². The summed E-state index contributed by atoms with van der Waals surface area (Å²) in [5.74, 6) is 0.00529. The second kappa shape index (κ2) is 7.14. The molecule has 0 radical (unpaired) electrons. The van der Waals surface area contributed by atoms with Crippen LogP contribution in [-0.2, 0) is 11.2 Å². The number of nitrogens with one attached hydrogen (secondary N) is 1. The first-order valence-electron chi connectivity index (χ1n) is 8.13. The van der Waals surface area contributed by atoms with Crippen molar-refractivity contribution in [3.8, 4) is 11.1 Å². The number of carbonyl (C=O) groups is 1. The number of anilines is 1. The summed E-state index contributed by atoms with van der Waals surface area (Å²) in [7, 11) is 0. The molecule has 0 aliphatic rings. The predicted octanol–water partition coefficient (Wildman–Crippen LogP) is 5.15. The van der Waals surface area contributed by atoms with Crippen molar-refractivity contribution in [2.75, 3.05) is 5.32 Å². The first-order valence-corrected chi connectivity index (χ1v) is 8.13. The fourth-order valence-electron chi connectivity index (χ4n) is 2.66. The van der Waals surface area contributed by atoms with E-state index >= 15 is 0 Å². The molecule has 0 bridgehead atoms. The van der Waals surface area contributed by atoms with Crippen LogP contribution in [0.25, 0.3) is 11.1 Å². The third-order valence-electron chi connectivity index (χ3n) is 4.22. The lowest BCUT2D eigenvalue weighted by Gasteiger charge is -2.08. The highest BCUT2D eigenvalue weighted by atomic mass is 16.1. The van der Waals surface area contributed by atoms with Gasteiger partial charge in [-0.2, -0.15) is 0 Å². The van der Waals surface area contributed by atoms with Crippen molar-refractivity contribution >= 4 is 11.6 Å². The Morgan fingerprint density at radius 2 is 1.46 bits per heavy atom. The topological polar surface area (TPSA) is 29.1 Å². The van der Waals surface area contributed by atoms with Crippen LogP contribution in [0.4, 0.5) is 5.69 Å². The third kappa shape index (κ3) is 3.90. The molecule has 1 N–H and O–H groups in total. The van der Waals surface area contributed by atoms with E-state index in [9.17, 15) is 4.79 Å². The fourth-order valence-corrected chi connectivity index (χ4v) is 2.66. The molecule has 0 atom stereocenters. The van der Waals surface area contributed by atoms with Gasteiger partial charge in [0.1, 0.15) is 0 Å². The molecular weight excluding hydrogens is 294 g/mol. The maximum atomic E-state index is 12.2. The normalized spacial score (nSPS) is 10.4. The molecule has 120 valence electrons. The fraction of sp³-hybridized carbons (Fsp3) is 0.136. The molecule has 0 aromatic heterocycles. The summed E-state index contributed by atoms with van der Waals surface area (Å²) >= 11 is 0. The van der Waals surface area contributed by atoms with E-state index in [1.807, 2.05) is 55.5 Å². The lowest BCUT2D eigenvalue weighted by atomic mass is 10.0. The number of carbonyl (C=O) groups excluding carboxylic acids is 1. The summed E-state index contributed by atoms with van der Waals surface area (Å²) in [6, 6.07) is 24.4. The van der Waals surface area contributed by atoms with Crippen LogP contribution in [0.5, 0.6) is 0 Å². The quantitative estimate of drug-likeness (QED) is 0.708. The lowest BCUT2D eigenvalue weighted by molar-refractivity contribution is -0.115. The van der Waals surface area contributed by atoms with Gasteiger partial charge in [0.25, 0.3) is 0 Å². The minimum absolute atomic E-state index is 0.00529. The molecule has 2 heteroatoms. The average Bonchev–Trinajstić information content (AvgIpc) is 2.59. The van der Waals surface area contributed by atoms with Gasteiger partial charge in [0.05, 0.1) is 6.42 Å². The van der Waals surface area contributed by atoms with E-state index < -0.39 is 0 Å². The number of hydrogen-bond donors (Lipinski definition) is 1. The number of aryl methyl sites for hydroxylation is 2. The maximum Gasteiger partial charge on any atom is 0.228 e. The van der Waals surface area contributed by atoms with Crippen molar-refractivity contribution in [3.05, 3.63) is 89.5 Å². The SMILES string of the molecule is Cc1ccc(NC(=O)Cc2ccc(-c3ccccc3)cc2)cc1C. The molecule has 0 saturated heterocycles. The zero-order valence-corrected chi connectivity index (χ0v) is 14.0. The van der Waals surface area contributed by atoms with Gasteiger partial charge in [0.15, 0.2) is 0 Å². The second-order valence-corrected chi connectivity index (χ2v) is 6.09. The molecule has 3 rings (SSSR count). The van der Waals surface area contributed by atoms with Crippen molar-refractivity contribution in [1.29, 1.82) is 0 Å². The van der Waals surface area contributed by atoms with E-state index in [4.69, 9.17) is 0 Å². The summed E-state index contributed by atoms with van der Waals surface area (Å²) in [6.45, 7) is 4.11. The largest absolute Gasteiger partial charge is 0.326 e. The molecule has 0 unspecified atom stereocenters. The van der Waals surface area contributed by atoms with E-state index in [1.165, 1.54) is 16.7 Å². The third-order valence-corrected chi connectivity index (χ3v) is 4.22. The Morgan fingerprint density at radius 3 is 2.12 bits per heavy atom. The van der Waals surface area contributed by atoms with E-state index in [0.717, 1.165) is 16.8 Å². The van der Waals surface area contributed by atoms with E-state index in [2.05, 4.69) is 36.5 Å². The van der Waals surface area contributed by atoms with Crippen molar-refractivity contribution in [1.82, 2.24) is 0 Å². The number of rotatable bonds is 4. The van der Waals surface area contributed by atoms with Crippen LogP contribution in [0.15, 0.2) is 72.8 Å². The summed E-state index contributed by atoms with van der Waals surface area (Å²) < 4.78 is 0. The van der Waals surface area contributed by atoms with Gasteiger partial charge in [-0.25, -0.2) is 0 Å². The van der Waals surface area contributed by atoms with Gasteiger partial charge in [-0.05, 0) is 53.8 Å². The van der Waals surface area contributed by atoms with Gasteiger partial charge in [0, 0.05) is 5.69 Å². The Balaban J connectivity index is 1.65.